The molecule has 0 fully saturated rings. The number of H-pyrrole nitrogens is 1. The monoisotopic (exact) mass is 270 g/mol. The maximum Gasteiger partial charge on any atom is 0.267 e. The van der Waals surface area contributed by atoms with Crippen molar-refractivity contribution in [2.45, 2.75) is 18.1 Å². The third kappa shape index (κ3) is 2.79. The van der Waals surface area contributed by atoms with E-state index in [0.29, 0.717) is 5.25 Å². The second kappa shape index (κ2) is 5.45. The van der Waals surface area contributed by atoms with Crippen LogP contribution in [0.15, 0.2) is 52.7 Å². The third-order valence-corrected chi connectivity index (χ3v) is 4.26. The first kappa shape index (κ1) is 12.2. The fourth-order valence-corrected chi connectivity index (χ4v) is 3.10. The molecule has 1 aromatic heterocycles. The molecule has 0 amide bonds. The van der Waals surface area contributed by atoms with E-state index >= 15 is 0 Å². The molecule has 1 aromatic carbocycles. The number of thioether (sulfide) groups is 1. The maximum absolute atomic E-state index is 11.8. The van der Waals surface area contributed by atoms with Crippen LogP contribution in [-0.2, 0) is 6.42 Å². The summed E-state index contributed by atoms with van der Waals surface area (Å²) in [6.07, 6.45) is 3.98. The largest absolute Gasteiger partial charge is 0.268 e. The molecule has 1 atom stereocenters. The Balaban J connectivity index is 1.90. The van der Waals surface area contributed by atoms with Crippen molar-refractivity contribution in [1.82, 2.24) is 10.2 Å². The summed E-state index contributed by atoms with van der Waals surface area (Å²) in [6.45, 7) is 0. The molecule has 2 heterocycles. The molecule has 1 aliphatic rings. The highest BCUT2D eigenvalue weighted by Crippen LogP contribution is 2.27. The summed E-state index contributed by atoms with van der Waals surface area (Å²) in [4.78, 5) is 11.8. The number of rotatable bonds is 3. The van der Waals surface area contributed by atoms with Gasteiger partial charge in [0.1, 0.15) is 0 Å². The van der Waals surface area contributed by atoms with E-state index in [-0.39, 0.29) is 5.56 Å². The zero-order valence-corrected chi connectivity index (χ0v) is 11.2. The normalized spacial score (nSPS) is 17.8. The van der Waals surface area contributed by atoms with Crippen molar-refractivity contribution in [1.29, 1.82) is 0 Å². The molecule has 96 valence electrons. The van der Waals surface area contributed by atoms with Crippen LogP contribution in [0.25, 0.3) is 11.3 Å². The van der Waals surface area contributed by atoms with Gasteiger partial charge in [0.25, 0.3) is 5.56 Å². The van der Waals surface area contributed by atoms with Crippen LogP contribution in [0, 0.1) is 0 Å². The molecule has 3 rings (SSSR count). The van der Waals surface area contributed by atoms with E-state index in [2.05, 4.69) is 21.7 Å². The van der Waals surface area contributed by atoms with E-state index in [4.69, 9.17) is 0 Å². The highest BCUT2D eigenvalue weighted by molar-refractivity contribution is 8.03. The second-order valence-electron chi connectivity index (χ2n) is 4.54. The minimum Gasteiger partial charge on any atom is -0.268 e. The number of nitrogens with zero attached hydrogens (tertiary/aromatic N) is 1. The van der Waals surface area contributed by atoms with Crippen molar-refractivity contribution in [3.05, 3.63) is 63.8 Å². The highest BCUT2D eigenvalue weighted by Gasteiger charge is 2.14. The molecule has 0 aliphatic carbocycles. The molecule has 0 saturated carbocycles. The van der Waals surface area contributed by atoms with Crippen LogP contribution in [-0.4, -0.2) is 15.4 Å². The summed E-state index contributed by atoms with van der Waals surface area (Å²) in [5.74, 6) is 0. The van der Waals surface area contributed by atoms with Gasteiger partial charge in [-0.1, -0.05) is 36.4 Å². The van der Waals surface area contributed by atoms with Gasteiger partial charge in [0.2, 0.25) is 0 Å². The standard InChI is InChI=1S/C15H14N2OS/c18-15-12(9-13-7-4-8-19-13)10-14(16-17-15)11-5-2-1-3-6-11/h1-6,8,10,13H,7,9H2,(H,17,18). The Morgan fingerprint density at radius 3 is 2.89 bits per heavy atom. The van der Waals surface area contributed by atoms with Gasteiger partial charge in [-0.15, -0.1) is 11.8 Å². The Kier molecular flexibility index (Phi) is 3.51. The van der Waals surface area contributed by atoms with Gasteiger partial charge in [0, 0.05) is 16.4 Å². The van der Waals surface area contributed by atoms with Crippen LogP contribution in [0.3, 0.4) is 0 Å². The van der Waals surface area contributed by atoms with Crippen LogP contribution < -0.4 is 5.56 Å². The molecule has 0 spiro atoms. The molecular formula is C15H14N2OS. The van der Waals surface area contributed by atoms with Crippen molar-refractivity contribution in [3.63, 3.8) is 0 Å². The fraction of sp³-hybridized carbons (Fsp3) is 0.200. The smallest absolute Gasteiger partial charge is 0.267 e. The van der Waals surface area contributed by atoms with E-state index in [0.717, 1.165) is 29.7 Å². The maximum atomic E-state index is 11.8. The van der Waals surface area contributed by atoms with Crippen LogP contribution in [0.2, 0.25) is 0 Å². The molecule has 1 unspecified atom stereocenters. The van der Waals surface area contributed by atoms with Gasteiger partial charge < -0.3 is 0 Å². The molecule has 2 aromatic rings. The predicted octanol–water partition coefficient (Wildman–Crippen LogP) is 3.00. The number of benzene rings is 1. The topological polar surface area (TPSA) is 45.8 Å². The Morgan fingerprint density at radius 1 is 1.32 bits per heavy atom. The average molecular weight is 270 g/mol. The lowest BCUT2D eigenvalue weighted by Crippen LogP contribution is -2.18. The predicted molar refractivity (Wildman–Crippen MR) is 79.1 cm³/mol. The van der Waals surface area contributed by atoms with Crippen molar-refractivity contribution < 1.29 is 0 Å². The molecule has 1 N–H and O–H groups in total. The summed E-state index contributed by atoms with van der Waals surface area (Å²) < 4.78 is 0. The molecule has 1 aliphatic heterocycles. The summed E-state index contributed by atoms with van der Waals surface area (Å²) in [5.41, 5.74) is 2.59. The highest BCUT2D eigenvalue weighted by atomic mass is 32.2. The summed E-state index contributed by atoms with van der Waals surface area (Å²) in [5, 5.41) is 9.32. The second-order valence-corrected chi connectivity index (χ2v) is 5.75. The third-order valence-electron chi connectivity index (χ3n) is 3.16. The zero-order chi connectivity index (χ0) is 13.1. The van der Waals surface area contributed by atoms with Gasteiger partial charge >= 0.3 is 0 Å². The van der Waals surface area contributed by atoms with E-state index in [1.165, 1.54) is 0 Å². The zero-order valence-electron chi connectivity index (χ0n) is 10.4. The molecule has 0 bridgehead atoms. The summed E-state index contributed by atoms with van der Waals surface area (Å²) >= 11 is 1.79. The van der Waals surface area contributed by atoms with Gasteiger partial charge in [0.05, 0.1) is 5.69 Å². The number of aromatic amines is 1. The van der Waals surface area contributed by atoms with Gasteiger partial charge in [0.15, 0.2) is 0 Å². The molecule has 3 nitrogen and oxygen atoms in total. The number of hydrogen-bond acceptors (Lipinski definition) is 3. The Labute approximate surface area is 115 Å². The number of aromatic nitrogens is 2. The average Bonchev–Trinajstić information content (AvgIpc) is 2.95. The van der Waals surface area contributed by atoms with Gasteiger partial charge in [-0.3, -0.25) is 4.79 Å². The van der Waals surface area contributed by atoms with E-state index < -0.39 is 0 Å². The van der Waals surface area contributed by atoms with E-state index in [1.807, 2.05) is 36.4 Å². The lowest BCUT2D eigenvalue weighted by molar-refractivity contribution is 0.846. The van der Waals surface area contributed by atoms with Gasteiger partial charge in [-0.05, 0) is 24.3 Å². The van der Waals surface area contributed by atoms with Crippen molar-refractivity contribution in [2.24, 2.45) is 0 Å². The van der Waals surface area contributed by atoms with Crippen LogP contribution >= 0.6 is 11.8 Å². The molecule has 0 saturated heterocycles. The SMILES string of the molecule is O=c1[nH]nc(-c2ccccc2)cc1CC1CC=CS1. The number of allylic oxidation sites excluding steroid dienone is 1. The summed E-state index contributed by atoms with van der Waals surface area (Å²) in [7, 11) is 0. The quantitative estimate of drug-likeness (QED) is 0.932. The Bertz CT molecular complexity index is 641. The molecular weight excluding hydrogens is 256 g/mol. The van der Waals surface area contributed by atoms with E-state index in [1.54, 1.807) is 11.8 Å². The minimum absolute atomic E-state index is 0.0767. The lowest BCUT2D eigenvalue weighted by Gasteiger charge is -2.08. The lowest BCUT2D eigenvalue weighted by atomic mass is 10.1. The summed E-state index contributed by atoms with van der Waals surface area (Å²) in [6, 6.07) is 11.8. The fourth-order valence-electron chi connectivity index (χ4n) is 2.16. The van der Waals surface area contributed by atoms with Crippen molar-refractivity contribution in [2.75, 3.05) is 0 Å². The molecule has 4 heteroatoms. The first-order valence-corrected chi connectivity index (χ1v) is 7.22. The van der Waals surface area contributed by atoms with Crippen LogP contribution in [0.4, 0.5) is 0 Å². The van der Waals surface area contributed by atoms with Crippen molar-refractivity contribution in [3.8, 4) is 11.3 Å². The number of hydrogen-bond donors (Lipinski definition) is 1. The van der Waals surface area contributed by atoms with Crippen LogP contribution in [0.5, 0.6) is 0 Å². The molecule has 19 heavy (non-hydrogen) atoms. The van der Waals surface area contributed by atoms with Crippen molar-refractivity contribution >= 4 is 11.8 Å². The first-order valence-electron chi connectivity index (χ1n) is 6.27. The van der Waals surface area contributed by atoms with Gasteiger partial charge in [-0.25, -0.2) is 5.10 Å². The number of nitrogens with one attached hydrogen (secondary N) is 1. The van der Waals surface area contributed by atoms with Crippen LogP contribution in [0.1, 0.15) is 12.0 Å². The molecule has 0 radical (unpaired) electrons. The van der Waals surface area contributed by atoms with Gasteiger partial charge in [-0.2, -0.15) is 5.10 Å². The van der Waals surface area contributed by atoms with E-state index in [9.17, 15) is 4.79 Å². The minimum atomic E-state index is -0.0767. The Hall–Kier alpha value is -1.81. The Morgan fingerprint density at radius 2 is 2.16 bits per heavy atom. The first-order chi connectivity index (χ1) is 9.33.